The first-order chi connectivity index (χ1) is 9.21. The van der Waals surface area contributed by atoms with Crippen molar-refractivity contribution in [3.05, 3.63) is 22.4 Å². The molecule has 1 aliphatic rings. The molecule has 4 nitrogen and oxygen atoms in total. The fourth-order valence-electron chi connectivity index (χ4n) is 2.68. The van der Waals surface area contributed by atoms with Crippen LogP contribution in [0.25, 0.3) is 0 Å². The lowest BCUT2D eigenvalue weighted by Crippen LogP contribution is -2.48. The highest BCUT2D eigenvalue weighted by Gasteiger charge is 2.36. The van der Waals surface area contributed by atoms with E-state index >= 15 is 0 Å². The molecule has 0 aliphatic carbocycles. The van der Waals surface area contributed by atoms with E-state index in [-0.39, 0.29) is 17.9 Å². The van der Waals surface area contributed by atoms with Crippen molar-refractivity contribution in [3.63, 3.8) is 0 Å². The van der Waals surface area contributed by atoms with Crippen LogP contribution in [0.3, 0.4) is 0 Å². The quantitative estimate of drug-likeness (QED) is 0.899. The Labute approximate surface area is 118 Å². The SMILES string of the molecule is COCCC1(CO)CCCN(C(=O)c2ccsc2)C1. The van der Waals surface area contributed by atoms with Gasteiger partial charge in [0.1, 0.15) is 0 Å². The first kappa shape index (κ1) is 14.5. The summed E-state index contributed by atoms with van der Waals surface area (Å²) in [5, 5.41) is 13.5. The molecule has 1 aromatic rings. The van der Waals surface area contributed by atoms with Gasteiger partial charge in [0.15, 0.2) is 0 Å². The van der Waals surface area contributed by atoms with Crippen molar-refractivity contribution in [3.8, 4) is 0 Å². The summed E-state index contributed by atoms with van der Waals surface area (Å²) in [6.07, 6.45) is 2.70. The fourth-order valence-corrected chi connectivity index (χ4v) is 3.31. The zero-order chi connectivity index (χ0) is 13.7. The van der Waals surface area contributed by atoms with Gasteiger partial charge < -0.3 is 14.7 Å². The normalized spacial score (nSPS) is 23.6. The maximum atomic E-state index is 12.4. The largest absolute Gasteiger partial charge is 0.396 e. The van der Waals surface area contributed by atoms with Gasteiger partial charge in [0.05, 0.1) is 12.2 Å². The van der Waals surface area contributed by atoms with Crippen LogP contribution >= 0.6 is 11.3 Å². The number of hydrogen-bond acceptors (Lipinski definition) is 4. The number of methoxy groups -OCH3 is 1. The van der Waals surface area contributed by atoms with Crippen LogP contribution in [0, 0.1) is 5.41 Å². The Hall–Kier alpha value is -0.910. The molecule has 1 amide bonds. The van der Waals surface area contributed by atoms with Gasteiger partial charge in [-0.25, -0.2) is 0 Å². The number of piperidine rings is 1. The zero-order valence-corrected chi connectivity index (χ0v) is 12.1. The third kappa shape index (κ3) is 3.35. The van der Waals surface area contributed by atoms with E-state index in [1.807, 2.05) is 21.7 Å². The number of amides is 1. The molecule has 1 fully saturated rings. The standard InChI is InChI=1S/C14H21NO3S/c1-18-7-5-14(11-16)4-2-6-15(10-14)13(17)12-3-8-19-9-12/h3,8-9,16H,2,4-7,10-11H2,1H3. The molecule has 106 valence electrons. The molecule has 2 rings (SSSR count). The monoisotopic (exact) mass is 283 g/mol. The molecule has 0 aromatic carbocycles. The topological polar surface area (TPSA) is 49.8 Å². The van der Waals surface area contributed by atoms with E-state index in [1.165, 1.54) is 11.3 Å². The van der Waals surface area contributed by atoms with Crippen LogP contribution in [0.4, 0.5) is 0 Å². The number of carbonyl (C=O) groups excluding carboxylic acids is 1. The van der Waals surface area contributed by atoms with Gasteiger partial charge in [-0.3, -0.25) is 4.79 Å². The maximum absolute atomic E-state index is 12.4. The number of hydrogen-bond donors (Lipinski definition) is 1. The van der Waals surface area contributed by atoms with Crippen molar-refractivity contribution in [2.75, 3.05) is 33.4 Å². The van der Waals surface area contributed by atoms with Crippen LogP contribution in [0.2, 0.25) is 0 Å². The molecule has 1 aliphatic heterocycles. The van der Waals surface area contributed by atoms with Crippen molar-refractivity contribution >= 4 is 17.2 Å². The molecule has 2 heterocycles. The highest BCUT2D eigenvalue weighted by molar-refractivity contribution is 7.08. The maximum Gasteiger partial charge on any atom is 0.254 e. The number of aliphatic hydroxyl groups excluding tert-OH is 1. The smallest absolute Gasteiger partial charge is 0.254 e. The summed E-state index contributed by atoms with van der Waals surface area (Å²) in [7, 11) is 1.67. The second-order valence-electron chi connectivity index (χ2n) is 5.24. The van der Waals surface area contributed by atoms with E-state index in [0.717, 1.165) is 31.4 Å². The van der Waals surface area contributed by atoms with Crippen molar-refractivity contribution in [1.82, 2.24) is 4.90 Å². The highest BCUT2D eigenvalue weighted by Crippen LogP contribution is 2.33. The Morgan fingerprint density at radius 2 is 2.47 bits per heavy atom. The Kier molecular flexibility index (Phi) is 4.96. The van der Waals surface area contributed by atoms with Gasteiger partial charge in [0.25, 0.3) is 5.91 Å². The molecule has 1 unspecified atom stereocenters. The average molecular weight is 283 g/mol. The first-order valence-corrected chi connectivity index (χ1v) is 7.56. The lowest BCUT2D eigenvalue weighted by molar-refractivity contribution is 0.00901. The van der Waals surface area contributed by atoms with Crippen LogP contribution < -0.4 is 0 Å². The summed E-state index contributed by atoms with van der Waals surface area (Å²) in [6.45, 7) is 2.15. The van der Waals surface area contributed by atoms with Gasteiger partial charge in [0.2, 0.25) is 0 Å². The molecule has 1 saturated heterocycles. The van der Waals surface area contributed by atoms with Gasteiger partial charge in [0, 0.05) is 37.6 Å². The second-order valence-corrected chi connectivity index (χ2v) is 6.02. The van der Waals surface area contributed by atoms with E-state index in [9.17, 15) is 9.90 Å². The Morgan fingerprint density at radius 3 is 3.11 bits per heavy atom. The summed E-state index contributed by atoms with van der Waals surface area (Å²) in [4.78, 5) is 14.2. The molecular formula is C14H21NO3S. The molecule has 1 atom stereocenters. The van der Waals surface area contributed by atoms with E-state index < -0.39 is 0 Å². The van der Waals surface area contributed by atoms with E-state index in [4.69, 9.17) is 4.74 Å². The minimum Gasteiger partial charge on any atom is -0.396 e. The van der Waals surface area contributed by atoms with Gasteiger partial charge in [-0.15, -0.1) is 0 Å². The predicted octanol–water partition coefficient (Wildman–Crippen LogP) is 2.00. The number of thiophene rings is 1. The third-order valence-corrected chi connectivity index (χ3v) is 4.57. The number of aliphatic hydroxyl groups is 1. The molecule has 0 bridgehead atoms. The number of likely N-dealkylation sites (tertiary alicyclic amines) is 1. The molecular weight excluding hydrogens is 262 g/mol. The van der Waals surface area contributed by atoms with Gasteiger partial charge in [-0.2, -0.15) is 11.3 Å². The lowest BCUT2D eigenvalue weighted by Gasteiger charge is -2.41. The summed E-state index contributed by atoms with van der Waals surface area (Å²) >= 11 is 1.53. The Morgan fingerprint density at radius 1 is 1.63 bits per heavy atom. The number of ether oxygens (including phenoxy) is 1. The van der Waals surface area contributed by atoms with Crippen molar-refractivity contribution < 1.29 is 14.6 Å². The number of carbonyl (C=O) groups is 1. The minimum absolute atomic E-state index is 0.0798. The molecule has 5 heteroatoms. The molecule has 1 aromatic heterocycles. The van der Waals surface area contributed by atoms with Crippen LogP contribution in [-0.2, 0) is 4.74 Å². The minimum atomic E-state index is -0.195. The summed E-state index contributed by atoms with van der Waals surface area (Å²) in [5.74, 6) is 0.0798. The van der Waals surface area contributed by atoms with Crippen LogP contribution in [0.5, 0.6) is 0 Å². The van der Waals surface area contributed by atoms with E-state index in [0.29, 0.717) is 13.2 Å². The average Bonchev–Trinajstić information content (AvgIpc) is 2.99. The fraction of sp³-hybridized carbons (Fsp3) is 0.643. The van der Waals surface area contributed by atoms with Gasteiger partial charge in [-0.05, 0) is 30.7 Å². The van der Waals surface area contributed by atoms with Gasteiger partial charge in [-0.1, -0.05) is 0 Å². The van der Waals surface area contributed by atoms with Crippen LogP contribution in [-0.4, -0.2) is 49.3 Å². The number of nitrogens with zero attached hydrogens (tertiary/aromatic N) is 1. The van der Waals surface area contributed by atoms with Crippen molar-refractivity contribution in [1.29, 1.82) is 0 Å². The molecule has 0 radical (unpaired) electrons. The van der Waals surface area contributed by atoms with E-state index in [1.54, 1.807) is 7.11 Å². The summed E-state index contributed by atoms with van der Waals surface area (Å²) in [5.41, 5.74) is 0.561. The van der Waals surface area contributed by atoms with E-state index in [2.05, 4.69) is 0 Å². The summed E-state index contributed by atoms with van der Waals surface area (Å²) < 4.78 is 5.13. The zero-order valence-electron chi connectivity index (χ0n) is 11.3. The number of rotatable bonds is 5. The molecule has 19 heavy (non-hydrogen) atoms. The molecule has 0 spiro atoms. The Bertz CT molecular complexity index is 407. The molecule has 1 N–H and O–H groups in total. The van der Waals surface area contributed by atoms with Crippen LogP contribution in [0.1, 0.15) is 29.6 Å². The highest BCUT2D eigenvalue weighted by atomic mass is 32.1. The first-order valence-electron chi connectivity index (χ1n) is 6.62. The van der Waals surface area contributed by atoms with Crippen molar-refractivity contribution in [2.24, 2.45) is 5.41 Å². The van der Waals surface area contributed by atoms with Crippen LogP contribution in [0.15, 0.2) is 16.8 Å². The van der Waals surface area contributed by atoms with Crippen molar-refractivity contribution in [2.45, 2.75) is 19.3 Å². The lowest BCUT2D eigenvalue weighted by atomic mass is 9.78. The summed E-state index contributed by atoms with van der Waals surface area (Å²) in [6, 6.07) is 1.86. The Balaban J connectivity index is 2.05. The third-order valence-electron chi connectivity index (χ3n) is 3.89. The van der Waals surface area contributed by atoms with Gasteiger partial charge >= 0.3 is 0 Å². The molecule has 0 saturated carbocycles. The predicted molar refractivity (Wildman–Crippen MR) is 75.5 cm³/mol. The second kappa shape index (κ2) is 6.50.